The highest BCUT2D eigenvalue weighted by molar-refractivity contribution is 6.99. The van der Waals surface area contributed by atoms with Crippen molar-refractivity contribution in [3.05, 3.63) is 24.5 Å². The van der Waals surface area contributed by atoms with Gasteiger partial charge in [-0.2, -0.15) is 4.37 Å². The molecule has 0 aliphatic carbocycles. The van der Waals surface area contributed by atoms with E-state index in [0.29, 0.717) is 5.88 Å². The first-order valence-electron chi connectivity index (χ1n) is 4.66. The number of hydrogen-bond acceptors (Lipinski definition) is 4. The molecule has 2 rings (SSSR count). The Hall–Kier alpha value is -1.20. The Kier molecular flexibility index (Phi) is 5.31. The van der Waals surface area contributed by atoms with E-state index >= 15 is 0 Å². The summed E-state index contributed by atoms with van der Waals surface area (Å²) >= 11 is 1.11. The Morgan fingerprint density at radius 1 is 1.53 bits per heavy atom. The topological polar surface area (TPSA) is 38.9 Å². The highest BCUT2D eigenvalue weighted by Gasteiger charge is 2.13. The smallest absolute Gasteiger partial charge is 0.255 e. The first kappa shape index (κ1) is 13.9. The lowest BCUT2D eigenvalue weighted by Gasteiger charge is -1.99. The lowest BCUT2D eigenvalue weighted by Crippen LogP contribution is -3.00. The number of rotatable bonds is 3. The van der Waals surface area contributed by atoms with Gasteiger partial charge in [-0.1, -0.05) is 5.92 Å². The van der Waals surface area contributed by atoms with E-state index < -0.39 is 0 Å². The Labute approximate surface area is 121 Å². The molecule has 0 N–H and O–H groups in total. The fourth-order valence-electron chi connectivity index (χ4n) is 1.29. The fourth-order valence-corrected chi connectivity index (χ4v) is 1.81. The van der Waals surface area contributed by atoms with Crippen molar-refractivity contribution >= 4 is 11.7 Å². The predicted octanol–water partition coefficient (Wildman–Crippen LogP) is -1.95. The van der Waals surface area contributed by atoms with Crippen LogP contribution < -0.4 is 33.3 Å². The first-order valence-corrected chi connectivity index (χ1v) is 5.39. The molecule has 0 saturated carbocycles. The lowest BCUT2D eigenvalue weighted by molar-refractivity contribution is -0.671. The summed E-state index contributed by atoms with van der Waals surface area (Å²) in [5.41, 5.74) is 1.70. The summed E-state index contributed by atoms with van der Waals surface area (Å²) in [6.45, 7) is 0.206. The van der Waals surface area contributed by atoms with Gasteiger partial charge >= 0.3 is 0 Å². The number of ether oxygens (including phenoxy) is 1. The van der Waals surface area contributed by atoms with Crippen molar-refractivity contribution in [2.45, 2.75) is 0 Å². The van der Waals surface area contributed by atoms with Gasteiger partial charge in [-0.25, -0.2) is 4.57 Å². The monoisotopic (exact) mass is 359 g/mol. The van der Waals surface area contributed by atoms with Crippen LogP contribution in [0.15, 0.2) is 24.5 Å². The molecule has 0 amide bonds. The summed E-state index contributed by atoms with van der Waals surface area (Å²) in [4.78, 5) is 0. The van der Waals surface area contributed by atoms with Gasteiger partial charge in [-0.05, 0) is 6.07 Å². The molecule has 2 aromatic rings. The maximum absolute atomic E-state index is 5.31. The van der Waals surface area contributed by atoms with Crippen LogP contribution in [0.3, 0.4) is 0 Å². The van der Waals surface area contributed by atoms with Crippen molar-refractivity contribution in [1.82, 2.24) is 8.75 Å². The standard InChI is InChI=1S/C11H10N3OS.HI/c1-3-7-15-11-10(12-16-13-11)9-5-4-6-14(2)8-9;/h1,4-6,8H,7H2,2H3;1H/q+1;/p-1. The number of nitrogens with zero attached hydrogens (tertiary/aromatic N) is 3. The van der Waals surface area contributed by atoms with Crippen LogP contribution in [0.25, 0.3) is 11.3 Å². The van der Waals surface area contributed by atoms with E-state index in [9.17, 15) is 0 Å². The van der Waals surface area contributed by atoms with Crippen LogP contribution in [0.2, 0.25) is 0 Å². The maximum atomic E-state index is 5.31. The van der Waals surface area contributed by atoms with Gasteiger partial charge in [0.25, 0.3) is 5.88 Å². The molecule has 17 heavy (non-hydrogen) atoms. The van der Waals surface area contributed by atoms with Gasteiger partial charge in [0.2, 0.25) is 0 Å². The zero-order chi connectivity index (χ0) is 11.4. The van der Waals surface area contributed by atoms with Crippen LogP contribution in [0.5, 0.6) is 5.88 Å². The molecular formula is C11H10IN3OS. The van der Waals surface area contributed by atoms with Crippen molar-refractivity contribution in [2.75, 3.05) is 6.61 Å². The molecule has 2 aromatic heterocycles. The quantitative estimate of drug-likeness (QED) is 0.363. The Balaban J connectivity index is 0.00000144. The molecule has 0 saturated heterocycles. The van der Waals surface area contributed by atoms with Gasteiger partial charge in [0, 0.05) is 6.07 Å². The second-order valence-electron chi connectivity index (χ2n) is 3.17. The lowest BCUT2D eigenvalue weighted by atomic mass is 10.2. The van der Waals surface area contributed by atoms with Crippen molar-refractivity contribution in [3.63, 3.8) is 0 Å². The van der Waals surface area contributed by atoms with Crippen molar-refractivity contribution in [1.29, 1.82) is 0 Å². The fraction of sp³-hybridized carbons (Fsp3) is 0.182. The molecule has 0 fully saturated rings. The van der Waals surface area contributed by atoms with Gasteiger partial charge in [0.15, 0.2) is 24.7 Å². The molecule has 0 bridgehead atoms. The summed E-state index contributed by atoms with van der Waals surface area (Å²) in [7, 11) is 1.95. The van der Waals surface area contributed by atoms with Crippen LogP contribution in [-0.4, -0.2) is 15.4 Å². The zero-order valence-corrected chi connectivity index (χ0v) is 12.1. The largest absolute Gasteiger partial charge is 1.00 e. The molecule has 0 aromatic carbocycles. The Morgan fingerprint density at radius 3 is 3.06 bits per heavy atom. The SMILES string of the molecule is C#CCOc1nsnc1-c1ccc[n+](C)c1.[I-]. The number of halogens is 1. The third-order valence-corrected chi connectivity index (χ3v) is 2.48. The van der Waals surface area contributed by atoms with E-state index in [1.807, 2.05) is 36.1 Å². The molecule has 88 valence electrons. The third kappa shape index (κ3) is 3.38. The van der Waals surface area contributed by atoms with Crippen LogP contribution in [-0.2, 0) is 7.05 Å². The molecule has 0 unspecified atom stereocenters. The summed E-state index contributed by atoms with van der Waals surface area (Å²) in [6.07, 6.45) is 9.04. The minimum absolute atomic E-state index is 0. The second kappa shape index (κ2) is 6.51. The van der Waals surface area contributed by atoms with Crippen LogP contribution in [0, 0.1) is 12.3 Å². The van der Waals surface area contributed by atoms with E-state index in [1.54, 1.807) is 0 Å². The Morgan fingerprint density at radius 2 is 2.35 bits per heavy atom. The van der Waals surface area contributed by atoms with E-state index in [-0.39, 0.29) is 30.6 Å². The minimum atomic E-state index is 0. The third-order valence-electron chi connectivity index (χ3n) is 1.96. The van der Waals surface area contributed by atoms with Crippen molar-refractivity contribution in [2.24, 2.45) is 7.05 Å². The second-order valence-corrected chi connectivity index (χ2v) is 3.70. The number of aryl methyl sites for hydroxylation is 1. The molecule has 0 aliphatic heterocycles. The summed E-state index contributed by atoms with van der Waals surface area (Å²) in [5.74, 6) is 2.90. The van der Waals surface area contributed by atoms with E-state index in [4.69, 9.17) is 11.2 Å². The van der Waals surface area contributed by atoms with E-state index in [1.165, 1.54) is 0 Å². The minimum Gasteiger partial charge on any atom is -1.00 e. The highest BCUT2D eigenvalue weighted by atomic mass is 127. The molecule has 0 atom stereocenters. The van der Waals surface area contributed by atoms with E-state index in [2.05, 4.69) is 14.7 Å². The number of hydrogen-bond donors (Lipinski definition) is 0. The summed E-state index contributed by atoms with van der Waals surface area (Å²) in [6, 6.07) is 3.90. The average Bonchev–Trinajstić information content (AvgIpc) is 2.74. The van der Waals surface area contributed by atoms with Crippen molar-refractivity contribution in [3.8, 4) is 29.5 Å². The average molecular weight is 359 g/mol. The van der Waals surface area contributed by atoms with Crippen LogP contribution in [0.4, 0.5) is 0 Å². The van der Waals surface area contributed by atoms with E-state index in [0.717, 1.165) is 23.0 Å². The predicted molar refractivity (Wildman–Crippen MR) is 60.8 cm³/mol. The summed E-state index contributed by atoms with van der Waals surface area (Å²) < 4.78 is 15.5. The Bertz CT molecular complexity index is 536. The first-order chi connectivity index (χ1) is 7.81. The summed E-state index contributed by atoms with van der Waals surface area (Å²) in [5, 5.41) is 0. The van der Waals surface area contributed by atoms with Crippen molar-refractivity contribution < 1.29 is 33.3 Å². The molecule has 6 heteroatoms. The normalized spacial score (nSPS) is 9.18. The highest BCUT2D eigenvalue weighted by Crippen LogP contribution is 2.26. The number of terminal acetylenes is 1. The molecule has 0 radical (unpaired) electrons. The molecule has 0 spiro atoms. The zero-order valence-electron chi connectivity index (χ0n) is 9.13. The molecule has 2 heterocycles. The molecular weight excluding hydrogens is 349 g/mol. The van der Waals surface area contributed by atoms with Gasteiger partial charge in [-0.3, -0.25) is 0 Å². The van der Waals surface area contributed by atoms with Crippen LogP contribution in [0.1, 0.15) is 0 Å². The van der Waals surface area contributed by atoms with Gasteiger partial charge in [0.05, 0.1) is 17.3 Å². The van der Waals surface area contributed by atoms with Gasteiger partial charge in [-0.15, -0.1) is 10.8 Å². The number of aromatic nitrogens is 3. The number of pyridine rings is 1. The molecule has 0 aliphatic rings. The maximum Gasteiger partial charge on any atom is 0.255 e. The molecule has 4 nitrogen and oxygen atoms in total. The van der Waals surface area contributed by atoms with Gasteiger partial charge in [0.1, 0.15) is 7.05 Å². The van der Waals surface area contributed by atoms with Crippen LogP contribution >= 0.6 is 11.7 Å². The van der Waals surface area contributed by atoms with Gasteiger partial charge < -0.3 is 28.7 Å².